The average molecular weight is 476 g/mol. The summed E-state index contributed by atoms with van der Waals surface area (Å²) in [6.07, 6.45) is 2.33. The van der Waals surface area contributed by atoms with Gasteiger partial charge in [0.1, 0.15) is 17.6 Å². The van der Waals surface area contributed by atoms with Gasteiger partial charge < -0.3 is 25.1 Å². The minimum absolute atomic E-state index is 0.0756. The molecule has 2 aliphatic rings. The van der Waals surface area contributed by atoms with Crippen molar-refractivity contribution in [3.63, 3.8) is 0 Å². The summed E-state index contributed by atoms with van der Waals surface area (Å²) < 4.78 is 5.78. The van der Waals surface area contributed by atoms with Crippen LogP contribution >= 0.6 is 0 Å². The van der Waals surface area contributed by atoms with E-state index in [0.29, 0.717) is 42.9 Å². The van der Waals surface area contributed by atoms with Gasteiger partial charge in [0.05, 0.1) is 11.0 Å². The molecule has 3 rings (SSSR count). The molecule has 0 radical (unpaired) electrons. The van der Waals surface area contributed by atoms with Gasteiger partial charge in [-0.25, -0.2) is 0 Å². The van der Waals surface area contributed by atoms with Gasteiger partial charge in [-0.05, 0) is 66.4 Å². The number of nitrogens with zero attached hydrogens (tertiary/aromatic N) is 1. The first-order chi connectivity index (χ1) is 15.5. The maximum atomic E-state index is 13.3. The normalized spacial score (nSPS) is 28.3. The van der Waals surface area contributed by atoms with Crippen LogP contribution in [0.4, 0.5) is 0 Å². The smallest absolute Gasteiger partial charge is 0.311 e. The standard InChI is InChI=1S/C26H41N3O5/c1-15-17(13-20(34-15)24(2,3)4)21(30)27-18-11-12-29(22(18)31)19-10-9-16(28-25(5,6)7)14-26(19,8)23(32)33/h13,16,18-19,28H,9-12,14H2,1-8H3,(H,27,30)(H,32,33)/t16?,18-,19?,26?/m0/s1. The lowest BCUT2D eigenvalue weighted by molar-refractivity contribution is -0.158. The molecule has 1 aromatic rings. The number of carboxylic acid groups (broad SMARTS) is 1. The second kappa shape index (κ2) is 9.02. The van der Waals surface area contributed by atoms with Crippen molar-refractivity contribution in [3.8, 4) is 0 Å². The molecular formula is C26H41N3O5. The van der Waals surface area contributed by atoms with Crippen molar-refractivity contribution in [3.05, 3.63) is 23.2 Å². The summed E-state index contributed by atoms with van der Waals surface area (Å²) in [6, 6.07) is 0.753. The van der Waals surface area contributed by atoms with Crippen LogP contribution in [0.5, 0.6) is 0 Å². The second-order valence-electron chi connectivity index (χ2n) is 12.3. The summed E-state index contributed by atoms with van der Waals surface area (Å²) in [5.41, 5.74) is -0.974. The maximum Gasteiger partial charge on any atom is 0.311 e. The van der Waals surface area contributed by atoms with E-state index in [0.717, 1.165) is 6.42 Å². The van der Waals surface area contributed by atoms with Gasteiger partial charge >= 0.3 is 5.97 Å². The molecule has 3 unspecified atom stereocenters. The Morgan fingerprint density at radius 1 is 1.15 bits per heavy atom. The Balaban J connectivity index is 1.72. The van der Waals surface area contributed by atoms with E-state index in [9.17, 15) is 19.5 Å². The molecule has 1 aromatic heterocycles. The van der Waals surface area contributed by atoms with Gasteiger partial charge in [-0.3, -0.25) is 14.4 Å². The number of rotatable bonds is 5. The molecule has 0 spiro atoms. The Kier molecular flexibility index (Phi) is 6.97. The predicted octanol–water partition coefficient (Wildman–Crippen LogP) is 3.62. The van der Waals surface area contributed by atoms with E-state index in [-0.39, 0.29) is 28.8 Å². The lowest BCUT2D eigenvalue weighted by Gasteiger charge is -2.47. The highest BCUT2D eigenvalue weighted by molar-refractivity contribution is 5.99. The van der Waals surface area contributed by atoms with Gasteiger partial charge in [0.15, 0.2) is 0 Å². The van der Waals surface area contributed by atoms with Gasteiger partial charge in [0.2, 0.25) is 5.91 Å². The highest BCUT2D eigenvalue weighted by atomic mass is 16.4. The summed E-state index contributed by atoms with van der Waals surface area (Å²) in [5.74, 6) is -0.191. The van der Waals surface area contributed by atoms with E-state index < -0.39 is 23.5 Å². The van der Waals surface area contributed by atoms with Crippen LogP contribution in [-0.4, -0.2) is 58.0 Å². The van der Waals surface area contributed by atoms with Crippen LogP contribution < -0.4 is 10.6 Å². The van der Waals surface area contributed by atoms with Gasteiger partial charge in [-0.15, -0.1) is 0 Å². The molecule has 3 N–H and O–H groups in total. The fraction of sp³-hybridized carbons (Fsp3) is 0.731. The number of carbonyl (C=O) groups excluding carboxylic acids is 2. The highest BCUT2D eigenvalue weighted by Crippen LogP contribution is 2.41. The molecule has 2 fully saturated rings. The molecular weight excluding hydrogens is 434 g/mol. The number of aliphatic carboxylic acids is 1. The summed E-state index contributed by atoms with van der Waals surface area (Å²) in [7, 11) is 0. The maximum absolute atomic E-state index is 13.3. The first kappa shape index (κ1) is 26.3. The van der Waals surface area contributed by atoms with Crippen molar-refractivity contribution < 1.29 is 23.9 Å². The lowest BCUT2D eigenvalue weighted by Crippen LogP contribution is -2.59. The molecule has 1 saturated heterocycles. The van der Waals surface area contributed by atoms with E-state index in [1.165, 1.54) is 0 Å². The third-order valence-electron chi connectivity index (χ3n) is 7.14. The van der Waals surface area contributed by atoms with Gasteiger partial charge in [-0.2, -0.15) is 0 Å². The van der Waals surface area contributed by atoms with Crippen molar-refractivity contribution >= 4 is 17.8 Å². The molecule has 1 saturated carbocycles. The van der Waals surface area contributed by atoms with Crippen LogP contribution in [0.2, 0.25) is 0 Å². The number of hydrogen-bond donors (Lipinski definition) is 3. The minimum atomic E-state index is -1.06. The van der Waals surface area contributed by atoms with E-state index in [2.05, 4.69) is 31.4 Å². The number of furan rings is 1. The zero-order valence-corrected chi connectivity index (χ0v) is 21.9. The molecule has 0 bridgehead atoms. The number of likely N-dealkylation sites (tertiary alicyclic amines) is 1. The van der Waals surface area contributed by atoms with Crippen molar-refractivity contribution in [2.24, 2.45) is 5.41 Å². The molecule has 34 heavy (non-hydrogen) atoms. The Bertz CT molecular complexity index is 955. The van der Waals surface area contributed by atoms with Crippen LogP contribution in [0.1, 0.15) is 96.0 Å². The predicted molar refractivity (Wildman–Crippen MR) is 130 cm³/mol. The van der Waals surface area contributed by atoms with Crippen LogP contribution in [0, 0.1) is 12.3 Å². The molecule has 190 valence electrons. The third-order valence-corrected chi connectivity index (χ3v) is 7.14. The van der Waals surface area contributed by atoms with Crippen LogP contribution in [0.3, 0.4) is 0 Å². The van der Waals surface area contributed by atoms with E-state index in [1.54, 1.807) is 24.8 Å². The largest absolute Gasteiger partial charge is 0.481 e. The van der Waals surface area contributed by atoms with Gasteiger partial charge in [0.25, 0.3) is 5.91 Å². The molecule has 8 nitrogen and oxygen atoms in total. The van der Waals surface area contributed by atoms with Gasteiger partial charge in [0, 0.05) is 29.6 Å². The van der Waals surface area contributed by atoms with Crippen LogP contribution in [0.25, 0.3) is 0 Å². The SMILES string of the molecule is Cc1oc(C(C)(C)C)cc1C(=O)N[C@H]1CCN(C2CCC(NC(C)(C)C)CC2(C)C(=O)O)C1=O. The molecule has 4 atom stereocenters. The number of hydrogen-bond acceptors (Lipinski definition) is 5. The summed E-state index contributed by atoms with van der Waals surface area (Å²) in [4.78, 5) is 40.3. The average Bonchev–Trinajstić information content (AvgIpc) is 3.24. The van der Waals surface area contributed by atoms with Crippen LogP contribution in [0.15, 0.2) is 10.5 Å². The number of carbonyl (C=O) groups is 3. The Morgan fingerprint density at radius 2 is 1.79 bits per heavy atom. The van der Waals surface area contributed by atoms with Crippen molar-refractivity contribution in [2.75, 3.05) is 6.54 Å². The highest BCUT2D eigenvalue weighted by Gasteiger charge is 2.52. The zero-order valence-electron chi connectivity index (χ0n) is 21.9. The molecule has 0 aromatic carbocycles. The second-order valence-corrected chi connectivity index (χ2v) is 12.3. The zero-order chi connectivity index (χ0) is 25.6. The van der Waals surface area contributed by atoms with Crippen molar-refractivity contribution in [1.82, 2.24) is 15.5 Å². The Labute approximate surface area is 202 Å². The summed E-state index contributed by atoms with van der Waals surface area (Å²) in [5, 5.41) is 16.5. The first-order valence-corrected chi connectivity index (χ1v) is 12.3. The lowest BCUT2D eigenvalue weighted by atomic mass is 9.68. The number of carboxylic acids is 1. The quantitative estimate of drug-likeness (QED) is 0.600. The minimum Gasteiger partial charge on any atom is -0.481 e. The molecule has 1 aliphatic heterocycles. The van der Waals surface area contributed by atoms with Crippen LogP contribution in [-0.2, 0) is 15.0 Å². The first-order valence-electron chi connectivity index (χ1n) is 12.3. The molecule has 1 aliphatic carbocycles. The summed E-state index contributed by atoms with van der Waals surface area (Å²) in [6.45, 7) is 16.2. The molecule has 2 amide bonds. The van der Waals surface area contributed by atoms with Gasteiger partial charge in [-0.1, -0.05) is 20.8 Å². The fourth-order valence-corrected chi connectivity index (χ4v) is 5.35. The van der Waals surface area contributed by atoms with Crippen molar-refractivity contribution in [2.45, 2.75) is 110 Å². The van der Waals surface area contributed by atoms with E-state index in [4.69, 9.17) is 4.42 Å². The fourth-order valence-electron chi connectivity index (χ4n) is 5.35. The number of nitrogens with one attached hydrogen (secondary N) is 2. The topological polar surface area (TPSA) is 112 Å². The molecule has 2 heterocycles. The number of aryl methyl sites for hydroxylation is 1. The van der Waals surface area contributed by atoms with Crippen molar-refractivity contribution in [1.29, 1.82) is 0 Å². The van der Waals surface area contributed by atoms with E-state index >= 15 is 0 Å². The van der Waals surface area contributed by atoms with E-state index in [1.807, 2.05) is 20.8 Å². The number of amides is 2. The third kappa shape index (κ3) is 5.32. The summed E-state index contributed by atoms with van der Waals surface area (Å²) >= 11 is 0. The molecule has 8 heteroatoms. The Hall–Kier alpha value is -2.35. The Morgan fingerprint density at radius 3 is 2.32 bits per heavy atom. The monoisotopic (exact) mass is 475 g/mol.